The number of hydrogen-bond acceptors (Lipinski definition) is 7. The lowest BCUT2D eigenvalue weighted by molar-refractivity contribution is -0.148. The van der Waals surface area contributed by atoms with Crippen molar-refractivity contribution in [2.24, 2.45) is 0 Å². The van der Waals surface area contributed by atoms with Gasteiger partial charge in [-0.2, -0.15) is 0 Å². The third-order valence-corrected chi connectivity index (χ3v) is 5.07. The predicted molar refractivity (Wildman–Crippen MR) is 116 cm³/mol. The fourth-order valence-corrected chi connectivity index (χ4v) is 3.46. The van der Waals surface area contributed by atoms with Gasteiger partial charge in [0.2, 0.25) is 5.89 Å². The molecular weight excluding hydrogens is 398 g/mol. The maximum atomic E-state index is 12.4. The van der Waals surface area contributed by atoms with Crippen molar-refractivity contribution >= 4 is 34.7 Å². The fourth-order valence-electron chi connectivity index (χ4n) is 3.46. The summed E-state index contributed by atoms with van der Waals surface area (Å²) in [5.74, 6) is 0.269. The first kappa shape index (κ1) is 20.5. The van der Waals surface area contributed by atoms with Crippen molar-refractivity contribution in [2.75, 3.05) is 44.8 Å². The smallest absolute Gasteiger partial charge is 0.331 e. The maximum absolute atomic E-state index is 12.4. The lowest BCUT2D eigenvalue weighted by Gasteiger charge is -2.36. The van der Waals surface area contributed by atoms with Crippen molar-refractivity contribution in [1.82, 2.24) is 9.88 Å². The zero-order chi connectivity index (χ0) is 21.6. The van der Waals surface area contributed by atoms with E-state index in [0.29, 0.717) is 43.2 Å². The van der Waals surface area contributed by atoms with Gasteiger partial charge in [0.1, 0.15) is 11.3 Å². The van der Waals surface area contributed by atoms with Crippen LogP contribution in [0.5, 0.6) is 5.75 Å². The van der Waals surface area contributed by atoms with Gasteiger partial charge >= 0.3 is 5.97 Å². The summed E-state index contributed by atoms with van der Waals surface area (Å²) in [6.07, 6.45) is 2.64. The highest BCUT2D eigenvalue weighted by molar-refractivity contribution is 5.89. The number of hydrogen-bond donors (Lipinski definition) is 0. The van der Waals surface area contributed by atoms with Gasteiger partial charge in [0, 0.05) is 38.3 Å². The molecule has 0 unspecified atom stereocenters. The molecule has 1 saturated heterocycles. The number of para-hydroxylation sites is 4. The number of piperazine rings is 1. The van der Waals surface area contributed by atoms with E-state index in [1.807, 2.05) is 42.5 Å². The molecule has 1 amide bonds. The monoisotopic (exact) mass is 421 g/mol. The van der Waals surface area contributed by atoms with Gasteiger partial charge in [0.25, 0.3) is 5.91 Å². The average molecular weight is 421 g/mol. The van der Waals surface area contributed by atoms with Gasteiger partial charge in [-0.15, -0.1) is 0 Å². The number of anilines is 1. The Kier molecular flexibility index (Phi) is 6.16. The van der Waals surface area contributed by atoms with Crippen LogP contribution in [0.1, 0.15) is 5.89 Å². The highest BCUT2D eigenvalue weighted by Gasteiger charge is 2.23. The second-order valence-electron chi connectivity index (χ2n) is 7.00. The molecule has 8 heteroatoms. The predicted octanol–water partition coefficient (Wildman–Crippen LogP) is 2.74. The van der Waals surface area contributed by atoms with Crippen molar-refractivity contribution in [3.05, 3.63) is 60.5 Å². The first-order chi connectivity index (χ1) is 15.1. The zero-order valence-electron chi connectivity index (χ0n) is 17.2. The van der Waals surface area contributed by atoms with Crippen LogP contribution in [0, 0.1) is 0 Å². The van der Waals surface area contributed by atoms with E-state index in [9.17, 15) is 9.59 Å². The second kappa shape index (κ2) is 9.34. The summed E-state index contributed by atoms with van der Waals surface area (Å²) in [5.41, 5.74) is 2.35. The van der Waals surface area contributed by atoms with E-state index in [1.165, 1.54) is 12.2 Å². The molecule has 2 aromatic carbocycles. The molecule has 0 saturated carbocycles. The molecule has 0 radical (unpaired) electrons. The Labute approximate surface area is 179 Å². The van der Waals surface area contributed by atoms with Crippen LogP contribution in [0.25, 0.3) is 17.2 Å². The average Bonchev–Trinajstić information content (AvgIpc) is 3.24. The Morgan fingerprint density at radius 1 is 1.06 bits per heavy atom. The summed E-state index contributed by atoms with van der Waals surface area (Å²) in [5, 5.41) is 0. The lowest BCUT2D eigenvalue weighted by atomic mass is 10.2. The number of aromatic nitrogens is 1. The van der Waals surface area contributed by atoms with Crippen molar-refractivity contribution < 1.29 is 23.5 Å². The Morgan fingerprint density at radius 2 is 1.81 bits per heavy atom. The summed E-state index contributed by atoms with van der Waals surface area (Å²) < 4.78 is 16.0. The van der Waals surface area contributed by atoms with Crippen molar-refractivity contribution in [2.45, 2.75) is 0 Å². The summed E-state index contributed by atoms with van der Waals surface area (Å²) in [7, 11) is 1.64. The number of carbonyl (C=O) groups excluding carboxylic acids is 2. The third-order valence-electron chi connectivity index (χ3n) is 5.07. The molecule has 1 aliphatic heterocycles. The molecular formula is C23H23N3O5. The quantitative estimate of drug-likeness (QED) is 0.447. The van der Waals surface area contributed by atoms with E-state index < -0.39 is 5.97 Å². The van der Waals surface area contributed by atoms with E-state index >= 15 is 0 Å². The minimum atomic E-state index is -0.622. The van der Waals surface area contributed by atoms with Crippen molar-refractivity contribution in [1.29, 1.82) is 0 Å². The van der Waals surface area contributed by atoms with E-state index in [-0.39, 0.29) is 12.5 Å². The van der Waals surface area contributed by atoms with Crippen LogP contribution >= 0.6 is 0 Å². The molecule has 31 heavy (non-hydrogen) atoms. The largest absolute Gasteiger partial charge is 0.495 e. The number of nitrogens with zero attached hydrogens (tertiary/aromatic N) is 3. The number of oxazole rings is 1. The summed E-state index contributed by atoms with van der Waals surface area (Å²) in [6.45, 7) is 2.15. The van der Waals surface area contributed by atoms with E-state index in [4.69, 9.17) is 13.9 Å². The van der Waals surface area contributed by atoms with Gasteiger partial charge in [-0.05, 0) is 24.3 Å². The standard InChI is InChI=1S/C23H23N3O5/c1-29-20-9-5-3-7-18(20)25-12-14-26(15-13-25)22(27)16-30-23(28)11-10-21-24-17-6-2-4-8-19(17)31-21/h2-11H,12-16H2,1H3/b11-10+. The van der Waals surface area contributed by atoms with Crippen molar-refractivity contribution in [3.8, 4) is 5.75 Å². The number of benzene rings is 2. The molecule has 0 atom stereocenters. The highest BCUT2D eigenvalue weighted by atomic mass is 16.5. The van der Waals surface area contributed by atoms with Gasteiger partial charge in [0.15, 0.2) is 12.2 Å². The molecule has 3 aromatic rings. The van der Waals surface area contributed by atoms with Crippen LogP contribution in [0.3, 0.4) is 0 Å². The molecule has 0 N–H and O–H groups in total. The number of amides is 1. The molecule has 0 spiro atoms. The van der Waals surface area contributed by atoms with Crippen LogP contribution in [-0.4, -0.2) is 61.7 Å². The Balaban J connectivity index is 1.25. The normalized spacial score (nSPS) is 14.2. The van der Waals surface area contributed by atoms with E-state index in [2.05, 4.69) is 9.88 Å². The Bertz CT molecular complexity index is 1070. The van der Waals surface area contributed by atoms with Gasteiger partial charge in [0.05, 0.1) is 12.8 Å². The Hall–Kier alpha value is -3.81. The first-order valence-electron chi connectivity index (χ1n) is 10.00. The third kappa shape index (κ3) is 4.85. The molecule has 2 heterocycles. The first-order valence-corrected chi connectivity index (χ1v) is 10.00. The number of fused-ring (bicyclic) bond motifs is 1. The SMILES string of the molecule is COc1ccccc1N1CCN(C(=O)COC(=O)/C=C/c2nc3ccccc3o2)CC1. The fraction of sp³-hybridized carbons (Fsp3) is 0.261. The van der Waals surface area contributed by atoms with Crippen LogP contribution in [-0.2, 0) is 14.3 Å². The molecule has 1 aliphatic rings. The van der Waals surface area contributed by atoms with E-state index in [0.717, 1.165) is 11.4 Å². The summed E-state index contributed by atoms with van der Waals surface area (Å²) >= 11 is 0. The maximum Gasteiger partial charge on any atom is 0.331 e. The molecule has 8 nitrogen and oxygen atoms in total. The molecule has 1 fully saturated rings. The topological polar surface area (TPSA) is 85.1 Å². The Morgan fingerprint density at radius 3 is 2.58 bits per heavy atom. The van der Waals surface area contributed by atoms with Crippen molar-refractivity contribution in [3.63, 3.8) is 0 Å². The molecule has 0 bridgehead atoms. The number of methoxy groups -OCH3 is 1. The molecule has 0 aliphatic carbocycles. The molecule has 1 aromatic heterocycles. The second-order valence-corrected chi connectivity index (χ2v) is 7.00. The van der Waals surface area contributed by atoms with Gasteiger partial charge < -0.3 is 23.7 Å². The minimum absolute atomic E-state index is 0.219. The number of esters is 1. The van der Waals surface area contributed by atoms with Crippen LogP contribution in [0.2, 0.25) is 0 Å². The summed E-state index contributed by atoms with van der Waals surface area (Å²) in [6, 6.07) is 15.1. The lowest BCUT2D eigenvalue weighted by Crippen LogP contribution is -2.50. The van der Waals surface area contributed by atoms with Crippen LogP contribution < -0.4 is 9.64 Å². The number of rotatable bonds is 6. The van der Waals surface area contributed by atoms with E-state index in [1.54, 1.807) is 18.1 Å². The van der Waals surface area contributed by atoms with Crippen LogP contribution in [0.4, 0.5) is 5.69 Å². The summed E-state index contributed by atoms with van der Waals surface area (Å²) in [4.78, 5) is 32.5. The highest BCUT2D eigenvalue weighted by Crippen LogP contribution is 2.28. The van der Waals surface area contributed by atoms with Crippen LogP contribution in [0.15, 0.2) is 59.0 Å². The number of ether oxygens (including phenoxy) is 2. The number of carbonyl (C=O) groups is 2. The zero-order valence-corrected chi connectivity index (χ0v) is 17.2. The van der Waals surface area contributed by atoms with Gasteiger partial charge in [-0.1, -0.05) is 24.3 Å². The minimum Gasteiger partial charge on any atom is -0.495 e. The van der Waals surface area contributed by atoms with Gasteiger partial charge in [-0.25, -0.2) is 9.78 Å². The van der Waals surface area contributed by atoms with Gasteiger partial charge in [-0.3, -0.25) is 4.79 Å². The molecule has 160 valence electrons. The molecule has 4 rings (SSSR count).